The number of tetrazole rings is 1. The summed E-state index contributed by atoms with van der Waals surface area (Å²) in [5.41, 5.74) is 0.402. The minimum Gasteiger partial charge on any atom is -0.493 e. The van der Waals surface area contributed by atoms with Crippen LogP contribution >= 0.6 is 0 Å². The Hall–Kier alpha value is -2.84. The first-order chi connectivity index (χ1) is 12.7. The van der Waals surface area contributed by atoms with Gasteiger partial charge in [0.05, 0.1) is 33.9 Å². The molecule has 1 heterocycles. The lowest BCUT2D eigenvalue weighted by atomic mass is 10.1. The van der Waals surface area contributed by atoms with Gasteiger partial charge in [-0.05, 0) is 35.4 Å². The highest BCUT2D eigenvalue weighted by atomic mass is 16.5. The van der Waals surface area contributed by atoms with E-state index in [1.165, 1.54) is 34.2 Å². The summed E-state index contributed by atoms with van der Waals surface area (Å²) in [5, 5.41) is 14.7. The third-order valence-electron chi connectivity index (χ3n) is 4.57. The van der Waals surface area contributed by atoms with Gasteiger partial charge in [-0.1, -0.05) is 12.8 Å². The van der Waals surface area contributed by atoms with Gasteiger partial charge >= 0.3 is 0 Å². The molecule has 1 aliphatic rings. The Kier molecular flexibility index (Phi) is 5.55. The van der Waals surface area contributed by atoms with Crippen LogP contribution in [0.2, 0.25) is 0 Å². The molecule has 9 heteroatoms. The number of amides is 1. The molecule has 1 aromatic carbocycles. The lowest BCUT2D eigenvalue weighted by Gasteiger charge is -2.14. The van der Waals surface area contributed by atoms with Crippen LogP contribution in [-0.4, -0.2) is 47.4 Å². The SMILES string of the molecule is COc1cc(C(=O)NCc2nnnn2C2CCCC2)cc(OC)c1OC. The normalized spacial score (nSPS) is 14.3. The molecule has 1 saturated carbocycles. The first-order valence-electron chi connectivity index (χ1n) is 8.52. The smallest absolute Gasteiger partial charge is 0.251 e. The van der Waals surface area contributed by atoms with E-state index in [1.807, 2.05) is 4.68 Å². The van der Waals surface area contributed by atoms with E-state index in [2.05, 4.69) is 20.8 Å². The number of carbonyl (C=O) groups excluding carboxylic acids is 1. The Morgan fingerprint density at radius 2 is 1.81 bits per heavy atom. The van der Waals surface area contributed by atoms with E-state index < -0.39 is 0 Å². The predicted molar refractivity (Wildman–Crippen MR) is 92.6 cm³/mol. The van der Waals surface area contributed by atoms with Gasteiger partial charge < -0.3 is 19.5 Å². The van der Waals surface area contributed by atoms with E-state index >= 15 is 0 Å². The number of methoxy groups -OCH3 is 3. The number of carbonyl (C=O) groups is 1. The number of aromatic nitrogens is 4. The molecule has 0 aliphatic heterocycles. The first-order valence-corrected chi connectivity index (χ1v) is 8.52. The number of rotatable bonds is 7. The van der Waals surface area contributed by atoms with Gasteiger partial charge in [0.25, 0.3) is 5.91 Å². The van der Waals surface area contributed by atoms with Gasteiger partial charge in [-0.15, -0.1) is 5.10 Å². The van der Waals surface area contributed by atoms with Gasteiger partial charge in [0.1, 0.15) is 0 Å². The van der Waals surface area contributed by atoms with Gasteiger partial charge in [0.2, 0.25) is 5.75 Å². The summed E-state index contributed by atoms with van der Waals surface area (Å²) in [6.07, 6.45) is 4.50. The van der Waals surface area contributed by atoms with Crippen molar-refractivity contribution >= 4 is 5.91 Å². The van der Waals surface area contributed by atoms with Crippen molar-refractivity contribution in [1.82, 2.24) is 25.5 Å². The highest BCUT2D eigenvalue weighted by Crippen LogP contribution is 2.38. The second kappa shape index (κ2) is 8.03. The Morgan fingerprint density at radius 1 is 1.15 bits per heavy atom. The van der Waals surface area contributed by atoms with Crippen molar-refractivity contribution in [3.63, 3.8) is 0 Å². The zero-order valence-corrected chi connectivity index (χ0v) is 15.2. The van der Waals surface area contributed by atoms with Crippen LogP contribution in [0.15, 0.2) is 12.1 Å². The molecule has 140 valence electrons. The zero-order valence-electron chi connectivity index (χ0n) is 15.2. The lowest BCUT2D eigenvalue weighted by Crippen LogP contribution is -2.25. The largest absolute Gasteiger partial charge is 0.493 e. The van der Waals surface area contributed by atoms with Crippen LogP contribution in [0.5, 0.6) is 17.2 Å². The molecule has 0 atom stereocenters. The molecular formula is C17H23N5O4. The second-order valence-corrected chi connectivity index (χ2v) is 6.07. The minimum atomic E-state index is -0.273. The zero-order chi connectivity index (χ0) is 18.5. The summed E-state index contributed by atoms with van der Waals surface area (Å²) in [4.78, 5) is 12.6. The molecule has 0 bridgehead atoms. The van der Waals surface area contributed by atoms with Gasteiger partial charge in [-0.3, -0.25) is 4.79 Å². The van der Waals surface area contributed by atoms with Crippen molar-refractivity contribution in [2.24, 2.45) is 0 Å². The predicted octanol–water partition coefficient (Wildman–Crippen LogP) is 1.74. The van der Waals surface area contributed by atoms with E-state index in [1.54, 1.807) is 12.1 Å². The molecule has 1 aromatic heterocycles. The van der Waals surface area contributed by atoms with Crippen LogP contribution < -0.4 is 19.5 Å². The molecule has 9 nitrogen and oxygen atoms in total. The summed E-state index contributed by atoms with van der Waals surface area (Å²) < 4.78 is 17.7. The van der Waals surface area contributed by atoms with Crippen LogP contribution in [0.4, 0.5) is 0 Å². The third kappa shape index (κ3) is 3.56. The summed E-state index contributed by atoms with van der Waals surface area (Å²) in [6, 6.07) is 3.53. The highest BCUT2D eigenvalue weighted by Gasteiger charge is 2.22. The second-order valence-electron chi connectivity index (χ2n) is 6.07. The van der Waals surface area contributed by atoms with Gasteiger partial charge in [-0.2, -0.15) is 0 Å². The highest BCUT2D eigenvalue weighted by molar-refractivity contribution is 5.95. The molecule has 0 unspecified atom stereocenters. The minimum absolute atomic E-state index is 0.249. The summed E-state index contributed by atoms with van der Waals surface area (Å²) in [5.74, 6) is 1.67. The van der Waals surface area contributed by atoms with E-state index in [0.29, 0.717) is 34.7 Å². The van der Waals surface area contributed by atoms with Gasteiger partial charge in [0.15, 0.2) is 17.3 Å². The number of benzene rings is 1. The Balaban J connectivity index is 1.74. The quantitative estimate of drug-likeness (QED) is 0.802. The number of nitrogens with zero attached hydrogens (tertiary/aromatic N) is 4. The molecule has 0 spiro atoms. The van der Waals surface area contributed by atoms with E-state index in [0.717, 1.165) is 12.8 Å². The van der Waals surface area contributed by atoms with Crippen LogP contribution in [-0.2, 0) is 6.54 Å². The summed E-state index contributed by atoms with van der Waals surface area (Å²) in [6.45, 7) is 0.249. The maximum absolute atomic E-state index is 12.6. The first kappa shape index (κ1) is 18.0. The molecular weight excluding hydrogens is 338 g/mol. The van der Waals surface area contributed by atoms with Crippen molar-refractivity contribution in [2.45, 2.75) is 38.3 Å². The van der Waals surface area contributed by atoms with Crippen LogP contribution in [0.25, 0.3) is 0 Å². The van der Waals surface area contributed by atoms with E-state index in [4.69, 9.17) is 14.2 Å². The van der Waals surface area contributed by atoms with E-state index in [9.17, 15) is 4.79 Å². The van der Waals surface area contributed by atoms with Crippen LogP contribution in [0, 0.1) is 0 Å². The van der Waals surface area contributed by atoms with Gasteiger partial charge in [-0.25, -0.2) is 4.68 Å². The topological polar surface area (TPSA) is 100 Å². The number of ether oxygens (including phenoxy) is 3. The molecule has 2 aromatic rings. The fourth-order valence-corrected chi connectivity index (χ4v) is 3.23. The number of hydrogen-bond donors (Lipinski definition) is 1. The third-order valence-corrected chi connectivity index (χ3v) is 4.57. The summed E-state index contributed by atoms with van der Waals surface area (Å²) in [7, 11) is 4.53. The molecule has 26 heavy (non-hydrogen) atoms. The summed E-state index contributed by atoms with van der Waals surface area (Å²) >= 11 is 0. The van der Waals surface area contributed by atoms with Crippen molar-refractivity contribution in [2.75, 3.05) is 21.3 Å². The molecule has 1 amide bonds. The molecule has 0 radical (unpaired) electrons. The lowest BCUT2D eigenvalue weighted by molar-refractivity contribution is 0.0948. The molecule has 1 fully saturated rings. The average Bonchev–Trinajstić information content (AvgIpc) is 3.35. The number of hydrogen-bond acceptors (Lipinski definition) is 7. The van der Waals surface area contributed by atoms with Crippen molar-refractivity contribution < 1.29 is 19.0 Å². The van der Waals surface area contributed by atoms with Crippen LogP contribution in [0.3, 0.4) is 0 Å². The Bertz CT molecular complexity index is 745. The Morgan fingerprint density at radius 3 is 2.38 bits per heavy atom. The maximum atomic E-state index is 12.6. The number of nitrogens with one attached hydrogen (secondary N) is 1. The van der Waals surface area contributed by atoms with Gasteiger partial charge in [0, 0.05) is 5.56 Å². The van der Waals surface area contributed by atoms with E-state index in [-0.39, 0.29) is 12.5 Å². The molecule has 3 rings (SSSR count). The Labute approximate surface area is 151 Å². The molecule has 1 N–H and O–H groups in total. The van der Waals surface area contributed by atoms with Crippen molar-refractivity contribution in [3.8, 4) is 17.2 Å². The molecule has 0 saturated heterocycles. The fourth-order valence-electron chi connectivity index (χ4n) is 3.23. The maximum Gasteiger partial charge on any atom is 0.251 e. The van der Waals surface area contributed by atoms with Crippen LogP contribution in [0.1, 0.15) is 47.9 Å². The average molecular weight is 361 g/mol. The fraction of sp³-hybridized carbons (Fsp3) is 0.529. The molecule has 1 aliphatic carbocycles. The monoisotopic (exact) mass is 361 g/mol. The van der Waals surface area contributed by atoms with Crippen molar-refractivity contribution in [1.29, 1.82) is 0 Å². The standard InChI is InChI=1S/C17H23N5O4/c1-24-13-8-11(9-14(25-2)16(13)26-3)17(23)18-10-15-19-20-21-22(15)12-6-4-5-7-12/h8-9,12H,4-7,10H2,1-3H3,(H,18,23). The van der Waals surface area contributed by atoms with Crippen molar-refractivity contribution in [3.05, 3.63) is 23.5 Å².